The number of rotatable bonds is 9. The maximum atomic E-state index is 12.0. The zero-order valence-corrected chi connectivity index (χ0v) is 14.8. The predicted octanol–water partition coefficient (Wildman–Crippen LogP) is 3.51. The van der Waals surface area contributed by atoms with Crippen LogP contribution in [0, 0.1) is 6.92 Å². The maximum absolute atomic E-state index is 12.0. The molecule has 0 aromatic heterocycles. The number of carbonyl (C=O) groups is 1. The normalized spacial score (nSPS) is 10.4. The van der Waals surface area contributed by atoms with Crippen molar-refractivity contribution in [3.05, 3.63) is 23.8 Å². The first kappa shape index (κ1) is 18.3. The highest BCUT2D eigenvalue weighted by Gasteiger charge is 2.09. The van der Waals surface area contributed by atoms with Crippen LogP contribution in [-0.2, 0) is 4.79 Å². The Hall–Kier alpha value is -1.71. The average Bonchev–Trinajstić information content (AvgIpc) is 2.51. The number of nitrogens with one attached hydrogen (secondary N) is 1. The molecule has 0 fully saturated rings. The quantitative estimate of drug-likeness (QED) is 0.758. The fraction of sp³-hybridized carbons (Fsp3) is 0.611. The van der Waals surface area contributed by atoms with E-state index in [0.29, 0.717) is 13.0 Å². The van der Waals surface area contributed by atoms with E-state index in [1.54, 1.807) is 0 Å². The number of hydrogen-bond acceptors (Lipinski definition) is 3. The molecule has 0 bridgehead atoms. The summed E-state index contributed by atoms with van der Waals surface area (Å²) in [6.45, 7) is 14.8. The van der Waals surface area contributed by atoms with Gasteiger partial charge in [-0.05, 0) is 58.4 Å². The zero-order valence-electron chi connectivity index (χ0n) is 14.8. The van der Waals surface area contributed by atoms with Crippen LogP contribution in [0.1, 0.15) is 39.7 Å². The van der Waals surface area contributed by atoms with Crippen LogP contribution in [-0.4, -0.2) is 43.5 Å². The monoisotopic (exact) mass is 305 g/mol. The van der Waals surface area contributed by atoms with E-state index in [0.717, 1.165) is 31.9 Å². The largest absolute Gasteiger partial charge is 0.384 e. The van der Waals surface area contributed by atoms with E-state index < -0.39 is 0 Å². The fourth-order valence-electron chi connectivity index (χ4n) is 2.67. The summed E-state index contributed by atoms with van der Waals surface area (Å²) in [4.78, 5) is 16.2. The van der Waals surface area contributed by atoms with Gasteiger partial charge in [0.1, 0.15) is 0 Å². The third-order valence-corrected chi connectivity index (χ3v) is 4.11. The standard InChI is InChI=1S/C18H31N3O/c1-6-20(7-2)16-10-11-17(15(5)14-16)19-13-12-18(22)21(8-3)9-4/h10-11,14,19H,6-9,12-13H2,1-5H3. The first-order valence-electron chi connectivity index (χ1n) is 8.44. The highest BCUT2D eigenvalue weighted by Crippen LogP contribution is 2.22. The summed E-state index contributed by atoms with van der Waals surface area (Å²) in [5, 5.41) is 3.38. The van der Waals surface area contributed by atoms with Crippen molar-refractivity contribution in [2.45, 2.75) is 41.0 Å². The second kappa shape index (κ2) is 9.34. The molecule has 1 rings (SSSR count). The van der Waals surface area contributed by atoms with Crippen molar-refractivity contribution in [1.82, 2.24) is 4.90 Å². The molecule has 0 unspecified atom stereocenters. The second-order valence-electron chi connectivity index (χ2n) is 5.41. The molecule has 0 aliphatic carbocycles. The topological polar surface area (TPSA) is 35.6 Å². The molecule has 4 nitrogen and oxygen atoms in total. The molecule has 4 heteroatoms. The maximum Gasteiger partial charge on any atom is 0.224 e. The lowest BCUT2D eigenvalue weighted by atomic mass is 10.1. The Labute approximate surface area is 135 Å². The predicted molar refractivity (Wildman–Crippen MR) is 95.8 cm³/mol. The van der Waals surface area contributed by atoms with Gasteiger partial charge in [0.15, 0.2) is 0 Å². The summed E-state index contributed by atoms with van der Waals surface area (Å²) in [5.74, 6) is 0.218. The average molecular weight is 305 g/mol. The number of hydrogen-bond donors (Lipinski definition) is 1. The highest BCUT2D eigenvalue weighted by molar-refractivity contribution is 5.76. The Kier molecular flexibility index (Phi) is 7.78. The van der Waals surface area contributed by atoms with Gasteiger partial charge in [0.2, 0.25) is 5.91 Å². The van der Waals surface area contributed by atoms with Crippen LogP contribution in [0.2, 0.25) is 0 Å². The molecule has 1 amide bonds. The molecule has 0 radical (unpaired) electrons. The third-order valence-electron chi connectivity index (χ3n) is 4.11. The molecule has 0 atom stereocenters. The third kappa shape index (κ3) is 4.93. The highest BCUT2D eigenvalue weighted by atomic mass is 16.2. The Morgan fingerprint density at radius 2 is 1.68 bits per heavy atom. The summed E-state index contributed by atoms with van der Waals surface area (Å²) in [7, 11) is 0. The summed E-state index contributed by atoms with van der Waals surface area (Å²) in [6, 6.07) is 6.47. The van der Waals surface area contributed by atoms with Gasteiger partial charge in [-0.25, -0.2) is 0 Å². The molecule has 0 heterocycles. The van der Waals surface area contributed by atoms with E-state index in [4.69, 9.17) is 0 Å². The van der Waals surface area contributed by atoms with E-state index in [2.05, 4.69) is 49.2 Å². The van der Waals surface area contributed by atoms with Gasteiger partial charge in [-0.3, -0.25) is 4.79 Å². The van der Waals surface area contributed by atoms with Crippen molar-refractivity contribution in [1.29, 1.82) is 0 Å². The first-order chi connectivity index (χ1) is 10.6. The van der Waals surface area contributed by atoms with Crippen LogP contribution >= 0.6 is 0 Å². The van der Waals surface area contributed by atoms with Crippen molar-refractivity contribution in [2.75, 3.05) is 42.9 Å². The number of carbonyl (C=O) groups excluding carboxylic acids is 1. The van der Waals surface area contributed by atoms with E-state index in [1.807, 2.05) is 18.7 Å². The summed E-state index contributed by atoms with van der Waals surface area (Å²) >= 11 is 0. The number of benzene rings is 1. The van der Waals surface area contributed by atoms with E-state index in [9.17, 15) is 4.79 Å². The van der Waals surface area contributed by atoms with Crippen molar-refractivity contribution in [3.8, 4) is 0 Å². The number of anilines is 2. The first-order valence-corrected chi connectivity index (χ1v) is 8.44. The number of aryl methyl sites for hydroxylation is 1. The molecule has 0 saturated heterocycles. The van der Waals surface area contributed by atoms with Gasteiger partial charge in [0.05, 0.1) is 0 Å². The lowest BCUT2D eigenvalue weighted by Crippen LogP contribution is -2.31. The molecule has 1 N–H and O–H groups in total. The van der Waals surface area contributed by atoms with Crippen LogP contribution in [0.3, 0.4) is 0 Å². The van der Waals surface area contributed by atoms with Gasteiger partial charge in [-0.2, -0.15) is 0 Å². The molecule has 22 heavy (non-hydrogen) atoms. The lowest BCUT2D eigenvalue weighted by Gasteiger charge is -2.22. The molecule has 0 saturated carbocycles. The van der Waals surface area contributed by atoms with Gasteiger partial charge < -0.3 is 15.1 Å². The minimum Gasteiger partial charge on any atom is -0.384 e. The van der Waals surface area contributed by atoms with Crippen molar-refractivity contribution in [2.24, 2.45) is 0 Å². The van der Waals surface area contributed by atoms with Crippen molar-refractivity contribution >= 4 is 17.3 Å². The summed E-state index contributed by atoms with van der Waals surface area (Å²) < 4.78 is 0. The Bertz CT molecular complexity index is 465. The summed E-state index contributed by atoms with van der Waals surface area (Å²) in [6.07, 6.45) is 0.541. The van der Waals surface area contributed by atoms with E-state index in [1.165, 1.54) is 11.3 Å². The zero-order chi connectivity index (χ0) is 16.5. The van der Waals surface area contributed by atoms with E-state index in [-0.39, 0.29) is 5.91 Å². The van der Waals surface area contributed by atoms with Crippen LogP contribution in [0.15, 0.2) is 18.2 Å². The Balaban J connectivity index is 2.58. The van der Waals surface area contributed by atoms with Gasteiger partial charge in [-0.1, -0.05) is 0 Å². The fourth-order valence-corrected chi connectivity index (χ4v) is 2.67. The Morgan fingerprint density at radius 1 is 1.05 bits per heavy atom. The van der Waals surface area contributed by atoms with Crippen LogP contribution in [0.4, 0.5) is 11.4 Å². The van der Waals surface area contributed by atoms with Crippen molar-refractivity contribution in [3.63, 3.8) is 0 Å². The smallest absolute Gasteiger partial charge is 0.224 e. The van der Waals surface area contributed by atoms with E-state index >= 15 is 0 Å². The SMILES string of the molecule is CCN(CC)C(=O)CCNc1ccc(N(CC)CC)cc1C. The molecule has 1 aromatic rings. The summed E-state index contributed by atoms with van der Waals surface area (Å²) in [5.41, 5.74) is 3.59. The Morgan fingerprint density at radius 3 is 2.18 bits per heavy atom. The molecular weight excluding hydrogens is 274 g/mol. The lowest BCUT2D eigenvalue weighted by molar-refractivity contribution is -0.130. The molecule has 0 aliphatic rings. The van der Waals surface area contributed by atoms with Gasteiger partial charge in [-0.15, -0.1) is 0 Å². The van der Waals surface area contributed by atoms with Gasteiger partial charge >= 0.3 is 0 Å². The minimum atomic E-state index is 0.218. The number of amides is 1. The minimum absolute atomic E-state index is 0.218. The van der Waals surface area contributed by atoms with Crippen molar-refractivity contribution < 1.29 is 4.79 Å². The molecule has 0 spiro atoms. The molecule has 0 aliphatic heterocycles. The molecule has 124 valence electrons. The second-order valence-corrected chi connectivity index (χ2v) is 5.41. The van der Waals surface area contributed by atoms with Gasteiger partial charge in [0.25, 0.3) is 0 Å². The molecule has 1 aromatic carbocycles. The van der Waals surface area contributed by atoms with Crippen LogP contribution < -0.4 is 10.2 Å². The van der Waals surface area contributed by atoms with Gasteiger partial charge in [0, 0.05) is 50.5 Å². The number of nitrogens with zero attached hydrogens (tertiary/aromatic N) is 2. The van der Waals surface area contributed by atoms with Crippen LogP contribution in [0.25, 0.3) is 0 Å². The molecular formula is C18H31N3O. The van der Waals surface area contributed by atoms with Crippen LogP contribution in [0.5, 0.6) is 0 Å².